The van der Waals surface area contributed by atoms with Crippen molar-refractivity contribution in [1.29, 1.82) is 0 Å². The Labute approximate surface area is 148 Å². The van der Waals surface area contributed by atoms with Crippen LogP contribution in [-0.2, 0) is 13.0 Å². The van der Waals surface area contributed by atoms with Crippen LogP contribution < -0.4 is 5.32 Å². The van der Waals surface area contributed by atoms with Crippen molar-refractivity contribution in [1.82, 2.24) is 15.2 Å². The van der Waals surface area contributed by atoms with E-state index in [1.807, 2.05) is 18.3 Å². The van der Waals surface area contributed by atoms with Crippen LogP contribution in [0.15, 0.2) is 42.6 Å². The van der Waals surface area contributed by atoms with E-state index < -0.39 is 0 Å². The molecule has 25 heavy (non-hydrogen) atoms. The van der Waals surface area contributed by atoms with Gasteiger partial charge in [0, 0.05) is 31.9 Å². The van der Waals surface area contributed by atoms with Gasteiger partial charge in [-0.1, -0.05) is 13.0 Å². The first-order chi connectivity index (χ1) is 12.1. The fourth-order valence-corrected chi connectivity index (χ4v) is 3.53. The molecule has 134 valence electrons. The SMILES string of the molecule is CC1CN(Cc2ccccn2)CCC1NCCc1cc(F)ccc1F. The van der Waals surface area contributed by atoms with Crippen molar-refractivity contribution < 1.29 is 8.78 Å². The van der Waals surface area contributed by atoms with Gasteiger partial charge in [0.15, 0.2) is 0 Å². The standard InChI is InChI=1S/C20H25F2N3/c1-15-13-25(14-18-4-2-3-9-23-18)11-8-20(15)24-10-7-16-12-17(21)5-6-19(16)22/h2-6,9,12,15,20,24H,7-8,10-11,13-14H2,1H3. The first-order valence-corrected chi connectivity index (χ1v) is 8.91. The molecule has 2 heterocycles. The van der Waals surface area contributed by atoms with Crippen molar-refractivity contribution in [2.24, 2.45) is 5.92 Å². The number of rotatable bonds is 6. The van der Waals surface area contributed by atoms with E-state index in [0.717, 1.165) is 37.8 Å². The molecule has 2 atom stereocenters. The number of nitrogens with zero attached hydrogens (tertiary/aromatic N) is 2. The zero-order chi connectivity index (χ0) is 17.6. The smallest absolute Gasteiger partial charge is 0.126 e. The lowest BCUT2D eigenvalue weighted by Crippen LogP contribution is -2.48. The number of nitrogens with one attached hydrogen (secondary N) is 1. The molecule has 1 aliphatic rings. The fourth-order valence-electron chi connectivity index (χ4n) is 3.53. The lowest BCUT2D eigenvalue weighted by molar-refractivity contribution is 0.140. The van der Waals surface area contributed by atoms with Gasteiger partial charge in [-0.05, 0) is 61.2 Å². The minimum absolute atomic E-state index is 0.332. The molecule has 0 spiro atoms. The summed E-state index contributed by atoms with van der Waals surface area (Å²) in [6.45, 7) is 5.82. The van der Waals surface area contributed by atoms with E-state index in [9.17, 15) is 8.78 Å². The zero-order valence-electron chi connectivity index (χ0n) is 14.6. The molecule has 0 amide bonds. The van der Waals surface area contributed by atoms with Gasteiger partial charge in [0.1, 0.15) is 11.6 Å². The summed E-state index contributed by atoms with van der Waals surface area (Å²) in [4.78, 5) is 6.82. The summed E-state index contributed by atoms with van der Waals surface area (Å²) in [5.41, 5.74) is 1.54. The minimum Gasteiger partial charge on any atom is -0.313 e. The molecule has 1 aliphatic heterocycles. The summed E-state index contributed by atoms with van der Waals surface area (Å²) in [5.74, 6) is -0.205. The number of piperidine rings is 1. The van der Waals surface area contributed by atoms with E-state index in [1.54, 1.807) is 0 Å². The molecule has 0 aliphatic carbocycles. The maximum Gasteiger partial charge on any atom is 0.126 e. The predicted molar refractivity (Wildman–Crippen MR) is 95.1 cm³/mol. The summed E-state index contributed by atoms with van der Waals surface area (Å²) >= 11 is 0. The molecule has 3 nitrogen and oxygen atoms in total. The van der Waals surface area contributed by atoms with Crippen molar-refractivity contribution in [3.63, 3.8) is 0 Å². The van der Waals surface area contributed by atoms with Crippen LogP contribution in [0, 0.1) is 17.6 Å². The topological polar surface area (TPSA) is 28.2 Å². The first-order valence-electron chi connectivity index (χ1n) is 8.91. The lowest BCUT2D eigenvalue weighted by atomic mass is 9.93. The van der Waals surface area contributed by atoms with Crippen LogP contribution in [0.5, 0.6) is 0 Å². The Balaban J connectivity index is 1.45. The molecule has 3 rings (SSSR count). The van der Waals surface area contributed by atoms with E-state index in [2.05, 4.69) is 28.2 Å². The van der Waals surface area contributed by atoms with Gasteiger partial charge in [0.2, 0.25) is 0 Å². The Kier molecular flexibility index (Phi) is 6.10. The van der Waals surface area contributed by atoms with Crippen LogP contribution in [0.1, 0.15) is 24.6 Å². The summed E-state index contributed by atoms with van der Waals surface area (Å²) in [7, 11) is 0. The number of likely N-dealkylation sites (tertiary alicyclic amines) is 1. The maximum atomic E-state index is 13.7. The van der Waals surface area contributed by atoms with Gasteiger partial charge in [-0.2, -0.15) is 0 Å². The van der Waals surface area contributed by atoms with Gasteiger partial charge in [-0.25, -0.2) is 8.78 Å². The van der Waals surface area contributed by atoms with Crippen molar-refractivity contribution in [2.75, 3.05) is 19.6 Å². The average molecular weight is 345 g/mol. The molecule has 1 aromatic heterocycles. The van der Waals surface area contributed by atoms with Crippen molar-refractivity contribution in [3.05, 3.63) is 65.5 Å². The van der Waals surface area contributed by atoms with E-state index in [4.69, 9.17) is 0 Å². The molecular formula is C20H25F2N3. The van der Waals surface area contributed by atoms with Gasteiger partial charge in [-0.15, -0.1) is 0 Å². The molecule has 0 radical (unpaired) electrons. The third-order valence-corrected chi connectivity index (χ3v) is 4.91. The molecule has 0 saturated carbocycles. The van der Waals surface area contributed by atoms with Crippen LogP contribution in [0.3, 0.4) is 0 Å². The second-order valence-electron chi connectivity index (χ2n) is 6.87. The highest BCUT2D eigenvalue weighted by atomic mass is 19.1. The molecule has 1 aromatic carbocycles. The van der Waals surface area contributed by atoms with Gasteiger partial charge < -0.3 is 5.32 Å². The molecular weight excluding hydrogens is 320 g/mol. The number of hydrogen-bond acceptors (Lipinski definition) is 3. The summed E-state index contributed by atoms with van der Waals surface area (Å²) in [5, 5.41) is 3.52. The average Bonchev–Trinajstić information content (AvgIpc) is 2.61. The number of benzene rings is 1. The number of aromatic nitrogens is 1. The van der Waals surface area contributed by atoms with Gasteiger partial charge >= 0.3 is 0 Å². The fraction of sp³-hybridized carbons (Fsp3) is 0.450. The van der Waals surface area contributed by atoms with E-state index in [1.165, 1.54) is 12.1 Å². The third-order valence-electron chi connectivity index (χ3n) is 4.91. The van der Waals surface area contributed by atoms with Crippen LogP contribution in [-0.4, -0.2) is 35.6 Å². The van der Waals surface area contributed by atoms with Crippen molar-refractivity contribution in [3.8, 4) is 0 Å². The zero-order valence-corrected chi connectivity index (χ0v) is 14.6. The van der Waals surface area contributed by atoms with Crippen LogP contribution in [0.4, 0.5) is 8.78 Å². The second-order valence-corrected chi connectivity index (χ2v) is 6.87. The largest absolute Gasteiger partial charge is 0.313 e. The summed E-state index contributed by atoms with van der Waals surface area (Å²) < 4.78 is 26.9. The maximum absolute atomic E-state index is 13.7. The lowest BCUT2D eigenvalue weighted by Gasteiger charge is -2.37. The number of pyridine rings is 1. The van der Waals surface area contributed by atoms with E-state index >= 15 is 0 Å². The quantitative estimate of drug-likeness (QED) is 0.870. The molecule has 1 N–H and O–H groups in total. The normalized spacial score (nSPS) is 21.4. The van der Waals surface area contributed by atoms with Crippen LogP contribution in [0.2, 0.25) is 0 Å². The summed E-state index contributed by atoms with van der Waals surface area (Å²) in [6, 6.07) is 10.1. The molecule has 1 saturated heterocycles. The Morgan fingerprint density at radius 3 is 2.88 bits per heavy atom. The van der Waals surface area contributed by atoms with E-state index in [-0.39, 0.29) is 11.6 Å². The highest BCUT2D eigenvalue weighted by Crippen LogP contribution is 2.19. The van der Waals surface area contributed by atoms with Crippen LogP contribution in [0.25, 0.3) is 0 Å². The first kappa shape index (κ1) is 18.0. The van der Waals surface area contributed by atoms with Gasteiger partial charge in [-0.3, -0.25) is 9.88 Å². The van der Waals surface area contributed by atoms with Crippen molar-refractivity contribution in [2.45, 2.75) is 32.4 Å². The summed E-state index contributed by atoms with van der Waals surface area (Å²) in [6.07, 6.45) is 3.39. The molecule has 2 aromatic rings. The Morgan fingerprint density at radius 1 is 1.24 bits per heavy atom. The molecule has 5 heteroatoms. The Morgan fingerprint density at radius 2 is 2.12 bits per heavy atom. The highest BCUT2D eigenvalue weighted by molar-refractivity contribution is 5.19. The number of hydrogen-bond donors (Lipinski definition) is 1. The monoisotopic (exact) mass is 345 g/mol. The minimum atomic E-state index is -0.382. The third kappa shape index (κ3) is 5.06. The van der Waals surface area contributed by atoms with E-state index in [0.29, 0.717) is 30.5 Å². The van der Waals surface area contributed by atoms with Gasteiger partial charge in [0.25, 0.3) is 0 Å². The molecule has 2 unspecified atom stereocenters. The second kappa shape index (κ2) is 8.50. The van der Waals surface area contributed by atoms with Gasteiger partial charge in [0.05, 0.1) is 5.69 Å². The molecule has 0 bridgehead atoms. The number of halogens is 2. The molecule has 1 fully saturated rings. The van der Waals surface area contributed by atoms with Crippen molar-refractivity contribution >= 4 is 0 Å². The van der Waals surface area contributed by atoms with Crippen LogP contribution >= 0.6 is 0 Å². The Hall–Kier alpha value is -1.85. The predicted octanol–water partition coefficient (Wildman–Crippen LogP) is 3.40. The Bertz CT molecular complexity index is 678. The highest BCUT2D eigenvalue weighted by Gasteiger charge is 2.25.